The highest BCUT2D eigenvalue weighted by molar-refractivity contribution is 5.69. The van der Waals surface area contributed by atoms with Gasteiger partial charge in [-0.2, -0.15) is 0 Å². The van der Waals surface area contributed by atoms with E-state index in [9.17, 15) is 5.11 Å². The molecule has 0 aliphatic rings. The molecule has 4 nitrogen and oxygen atoms in total. The number of aromatic nitrogens is 1. The van der Waals surface area contributed by atoms with E-state index in [0.717, 1.165) is 22.3 Å². The first-order valence-electron chi connectivity index (χ1n) is 7.71. The predicted octanol–water partition coefficient (Wildman–Crippen LogP) is 3.83. The fraction of sp³-hybridized carbons (Fsp3) is 0.150. The molecule has 0 bridgehead atoms. The van der Waals surface area contributed by atoms with E-state index in [4.69, 9.17) is 9.47 Å². The molecule has 0 spiro atoms. The normalized spacial score (nSPS) is 10.4. The van der Waals surface area contributed by atoms with Crippen LogP contribution in [-0.4, -0.2) is 17.2 Å². The Morgan fingerprint density at radius 3 is 2.46 bits per heavy atom. The average Bonchev–Trinajstić information content (AvgIpc) is 2.67. The van der Waals surface area contributed by atoms with E-state index < -0.39 is 0 Å². The van der Waals surface area contributed by atoms with Crippen molar-refractivity contribution in [3.8, 4) is 22.8 Å². The van der Waals surface area contributed by atoms with Gasteiger partial charge in [-0.05, 0) is 23.3 Å². The van der Waals surface area contributed by atoms with Gasteiger partial charge in [0.25, 0.3) is 0 Å². The molecule has 1 N–H and O–H groups in total. The summed E-state index contributed by atoms with van der Waals surface area (Å²) in [4.78, 5) is 4.23. The first-order valence-corrected chi connectivity index (χ1v) is 7.71. The minimum atomic E-state index is -0.105. The molecule has 0 fully saturated rings. The number of aliphatic hydroxyl groups is 1. The summed E-state index contributed by atoms with van der Waals surface area (Å²) < 4.78 is 11.0. The molecular weight excluding hydrogens is 302 g/mol. The maximum Gasteiger partial charge on any atom is 0.212 e. The van der Waals surface area contributed by atoms with Gasteiger partial charge in [-0.1, -0.05) is 42.5 Å². The predicted molar refractivity (Wildman–Crippen MR) is 92.9 cm³/mol. The van der Waals surface area contributed by atoms with Crippen LogP contribution in [0.15, 0.2) is 66.9 Å². The molecule has 122 valence electrons. The van der Waals surface area contributed by atoms with Crippen LogP contribution >= 0.6 is 0 Å². The monoisotopic (exact) mass is 321 g/mol. The standard InChI is InChI=1S/C20H19NO3/c1-23-20-11-10-16(12-21-20)17-8-5-9-19(18(17)13-22)24-14-15-6-3-2-4-7-15/h2-12,22H,13-14H2,1H3. The summed E-state index contributed by atoms with van der Waals surface area (Å²) in [6, 6.07) is 19.4. The Balaban J connectivity index is 1.87. The maximum atomic E-state index is 9.83. The number of ether oxygens (including phenoxy) is 2. The zero-order chi connectivity index (χ0) is 16.8. The molecule has 0 aliphatic carbocycles. The topological polar surface area (TPSA) is 51.6 Å². The van der Waals surface area contributed by atoms with Crippen LogP contribution in [0, 0.1) is 0 Å². The smallest absolute Gasteiger partial charge is 0.212 e. The molecule has 24 heavy (non-hydrogen) atoms. The van der Waals surface area contributed by atoms with E-state index in [1.165, 1.54) is 0 Å². The quantitative estimate of drug-likeness (QED) is 0.750. The molecular formula is C20H19NO3. The Morgan fingerprint density at radius 1 is 0.958 bits per heavy atom. The van der Waals surface area contributed by atoms with Gasteiger partial charge in [0, 0.05) is 23.4 Å². The Labute approximate surface area is 141 Å². The Kier molecular flexibility index (Phi) is 5.08. The lowest BCUT2D eigenvalue weighted by atomic mass is 10.0. The van der Waals surface area contributed by atoms with Crippen LogP contribution in [0.2, 0.25) is 0 Å². The molecule has 0 saturated heterocycles. The van der Waals surface area contributed by atoms with Gasteiger partial charge in [0.15, 0.2) is 0 Å². The maximum absolute atomic E-state index is 9.83. The lowest BCUT2D eigenvalue weighted by molar-refractivity contribution is 0.259. The zero-order valence-corrected chi connectivity index (χ0v) is 13.5. The van der Waals surface area contributed by atoms with E-state index in [1.807, 2.05) is 54.6 Å². The van der Waals surface area contributed by atoms with E-state index in [-0.39, 0.29) is 6.61 Å². The number of nitrogens with zero attached hydrogens (tertiary/aromatic N) is 1. The molecule has 0 amide bonds. The van der Waals surface area contributed by atoms with Gasteiger partial charge in [0.1, 0.15) is 12.4 Å². The summed E-state index contributed by atoms with van der Waals surface area (Å²) in [5.74, 6) is 1.23. The summed E-state index contributed by atoms with van der Waals surface area (Å²) in [7, 11) is 1.58. The van der Waals surface area contributed by atoms with Crippen molar-refractivity contribution in [3.63, 3.8) is 0 Å². The summed E-state index contributed by atoms with van der Waals surface area (Å²) in [6.07, 6.45) is 1.73. The molecule has 3 rings (SSSR count). The minimum Gasteiger partial charge on any atom is -0.489 e. The number of benzene rings is 2. The Bertz CT molecular complexity index is 786. The van der Waals surface area contributed by atoms with E-state index in [0.29, 0.717) is 18.2 Å². The van der Waals surface area contributed by atoms with Gasteiger partial charge < -0.3 is 14.6 Å². The first kappa shape index (κ1) is 16.0. The minimum absolute atomic E-state index is 0.105. The molecule has 3 aromatic rings. The fourth-order valence-electron chi connectivity index (χ4n) is 2.53. The summed E-state index contributed by atoms with van der Waals surface area (Å²) in [5, 5.41) is 9.83. The third kappa shape index (κ3) is 3.55. The number of methoxy groups -OCH3 is 1. The van der Waals surface area contributed by atoms with Gasteiger partial charge in [0.2, 0.25) is 5.88 Å². The molecule has 0 saturated carbocycles. The van der Waals surface area contributed by atoms with Crippen molar-refractivity contribution < 1.29 is 14.6 Å². The van der Waals surface area contributed by atoms with Gasteiger partial charge in [-0.15, -0.1) is 0 Å². The number of aliphatic hydroxyl groups excluding tert-OH is 1. The number of pyridine rings is 1. The molecule has 1 heterocycles. The van der Waals surface area contributed by atoms with Crippen LogP contribution < -0.4 is 9.47 Å². The third-order valence-electron chi connectivity index (χ3n) is 3.78. The van der Waals surface area contributed by atoms with Crippen molar-refractivity contribution >= 4 is 0 Å². The third-order valence-corrected chi connectivity index (χ3v) is 3.78. The summed E-state index contributed by atoms with van der Waals surface area (Å²) >= 11 is 0. The highest BCUT2D eigenvalue weighted by atomic mass is 16.5. The van der Waals surface area contributed by atoms with Crippen molar-refractivity contribution in [1.82, 2.24) is 4.98 Å². The largest absolute Gasteiger partial charge is 0.489 e. The lowest BCUT2D eigenvalue weighted by Gasteiger charge is -2.14. The molecule has 0 unspecified atom stereocenters. The number of hydrogen-bond donors (Lipinski definition) is 1. The van der Waals surface area contributed by atoms with Crippen LogP contribution in [-0.2, 0) is 13.2 Å². The van der Waals surface area contributed by atoms with Gasteiger partial charge in [-0.3, -0.25) is 0 Å². The van der Waals surface area contributed by atoms with Crippen LogP contribution in [0.1, 0.15) is 11.1 Å². The molecule has 0 aliphatic heterocycles. The second-order valence-electron chi connectivity index (χ2n) is 5.30. The SMILES string of the molecule is COc1ccc(-c2cccc(OCc3ccccc3)c2CO)cn1. The van der Waals surface area contributed by atoms with E-state index in [2.05, 4.69) is 4.98 Å². The lowest BCUT2D eigenvalue weighted by Crippen LogP contribution is -2.00. The molecule has 4 heteroatoms. The fourth-order valence-corrected chi connectivity index (χ4v) is 2.53. The molecule has 0 radical (unpaired) electrons. The van der Waals surface area contributed by atoms with Crippen molar-refractivity contribution in [2.75, 3.05) is 7.11 Å². The number of rotatable bonds is 6. The average molecular weight is 321 g/mol. The van der Waals surface area contributed by atoms with Crippen molar-refractivity contribution in [2.45, 2.75) is 13.2 Å². The van der Waals surface area contributed by atoms with Gasteiger partial charge in [0.05, 0.1) is 13.7 Å². The van der Waals surface area contributed by atoms with Gasteiger partial charge in [-0.25, -0.2) is 4.98 Å². The molecule has 0 atom stereocenters. The van der Waals surface area contributed by atoms with Crippen LogP contribution in [0.3, 0.4) is 0 Å². The van der Waals surface area contributed by atoms with E-state index >= 15 is 0 Å². The molecule has 2 aromatic carbocycles. The van der Waals surface area contributed by atoms with Crippen molar-refractivity contribution in [3.05, 3.63) is 78.0 Å². The van der Waals surface area contributed by atoms with Crippen molar-refractivity contribution in [2.24, 2.45) is 0 Å². The van der Waals surface area contributed by atoms with Crippen molar-refractivity contribution in [1.29, 1.82) is 0 Å². The van der Waals surface area contributed by atoms with Crippen LogP contribution in [0.25, 0.3) is 11.1 Å². The zero-order valence-electron chi connectivity index (χ0n) is 13.5. The van der Waals surface area contributed by atoms with Crippen LogP contribution in [0.5, 0.6) is 11.6 Å². The van der Waals surface area contributed by atoms with E-state index in [1.54, 1.807) is 19.4 Å². The first-order chi connectivity index (χ1) is 11.8. The van der Waals surface area contributed by atoms with Gasteiger partial charge >= 0.3 is 0 Å². The number of hydrogen-bond acceptors (Lipinski definition) is 4. The molecule has 1 aromatic heterocycles. The second-order valence-corrected chi connectivity index (χ2v) is 5.30. The summed E-state index contributed by atoms with van der Waals surface area (Å²) in [5.41, 5.74) is 3.64. The summed E-state index contributed by atoms with van der Waals surface area (Å²) in [6.45, 7) is 0.352. The Hall–Kier alpha value is -2.85. The second kappa shape index (κ2) is 7.62. The highest BCUT2D eigenvalue weighted by Crippen LogP contribution is 2.31. The Morgan fingerprint density at radius 2 is 1.79 bits per heavy atom. The highest BCUT2D eigenvalue weighted by Gasteiger charge is 2.11. The van der Waals surface area contributed by atoms with Crippen LogP contribution in [0.4, 0.5) is 0 Å².